The zero-order valence-corrected chi connectivity index (χ0v) is 22.9. The van der Waals surface area contributed by atoms with Crippen molar-refractivity contribution in [2.45, 2.75) is 52.1 Å². The van der Waals surface area contributed by atoms with Gasteiger partial charge in [-0.2, -0.15) is 0 Å². The Morgan fingerprint density at radius 3 is 1.81 bits per heavy atom. The number of aryl methyl sites for hydroxylation is 3. The van der Waals surface area contributed by atoms with Crippen LogP contribution in [0.4, 0.5) is 5.69 Å². The summed E-state index contributed by atoms with van der Waals surface area (Å²) in [6, 6.07) is 20.4. The summed E-state index contributed by atoms with van der Waals surface area (Å²) in [6.07, 6.45) is 0. The van der Waals surface area contributed by atoms with Gasteiger partial charge in [0.15, 0.2) is 0 Å². The molecule has 3 aromatic carbocycles. The predicted octanol–water partition coefficient (Wildman–Crippen LogP) is 4.36. The van der Waals surface area contributed by atoms with Gasteiger partial charge in [-0.25, -0.2) is 8.42 Å². The SMILES string of the molecule is CCNC(=O)C(C)N(Cc1ccc(C)cc1)C(=O)CN(c1ccc(C)cc1)S(=O)(=O)c1ccc(C)cc1. The molecule has 0 radical (unpaired) electrons. The Kier molecular flexibility index (Phi) is 9.10. The van der Waals surface area contributed by atoms with Gasteiger partial charge < -0.3 is 10.2 Å². The van der Waals surface area contributed by atoms with Crippen LogP contribution in [-0.2, 0) is 26.2 Å². The Bertz CT molecular complexity index is 1320. The highest BCUT2D eigenvalue weighted by Gasteiger charge is 2.32. The first kappa shape index (κ1) is 27.9. The molecule has 1 N–H and O–H groups in total. The fourth-order valence-corrected chi connectivity index (χ4v) is 5.29. The summed E-state index contributed by atoms with van der Waals surface area (Å²) < 4.78 is 28.6. The molecular formula is C29H35N3O4S. The minimum Gasteiger partial charge on any atom is -0.355 e. The molecule has 1 unspecified atom stereocenters. The summed E-state index contributed by atoms with van der Waals surface area (Å²) in [6.45, 7) is 9.37. The molecule has 2 amide bonds. The van der Waals surface area contributed by atoms with E-state index in [0.717, 1.165) is 26.6 Å². The number of carbonyl (C=O) groups is 2. The van der Waals surface area contributed by atoms with Crippen molar-refractivity contribution in [3.8, 4) is 0 Å². The first-order valence-electron chi connectivity index (χ1n) is 12.3. The lowest BCUT2D eigenvalue weighted by atomic mass is 10.1. The van der Waals surface area contributed by atoms with E-state index in [1.807, 2.05) is 52.0 Å². The van der Waals surface area contributed by atoms with Crippen LogP contribution in [0.1, 0.15) is 36.1 Å². The highest BCUT2D eigenvalue weighted by Crippen LogP contribution is 2.25. The Morgan fingerprint density at radius 2 is 1.30 bits per heavy atom. The van der Waals surface area contributed by atoms with Crippen molar-refractivity contribution < 1.29 is 18.0 Å². The van der Waals surface area contributed by atoms with Crippen LogP contribution in [-0.4, -0.2) is 44.3 Å². The molecule has 1 atom stereocenters. The number of anilines is 1. The summed E-state index contributed by atoms with van der Waals surface area (Å²) in [4.78, 5) is 28.1. The zero-order chi connectivity index (χ0) is 27.2. The molecule has 0 aliphatic rings. The van der Waals surface area contributed by atoms with Crippen LogP contribution in [0.3, 0.4) is 0 Å². The minimum atomic E-state index is -4.06. The number of hydrogen-bond acceptors (Lipinski definition) is 4. The molecule has 37 heavy (non-hydrogen) atoms. The molecular weight excluding hydrogens is 486 g/mol. The molecule has 0 heterocycles. The average Bonchev–Trinajstić information content (AvgIpc) is 2.87. The lowest BCUT2D eigenvalue weighted by molar-refractivity contribution is -0.139. The lowest BCUT2D eigenvalue weighted by Gasteiger charge is -2.32. The average molecular weight is 522 g/mol. The second kappa shape index (κ2) is 12.1. The van der Waals surface area contributed by atoms with Gasteiger partial charge in [0.05, 0.1) is 10.6 Å². The smallest absolute Gasteiger partial charge is 0.264 e. The monoisotopic (exact) mass is 521 g/mol. The maximum atomic E-state index is 13.8. The summed E-state index contributed by atoms with van der Waals surface area (Å²) in [5.74, 6) is -0.776. The second-order valence-corrected chi connectivity index (χ2v) is 11.1. The third-order valence-corrected chi connectivity index (χ3v) is 7.99. The third-order valence-electron chi connectivity index (χ3n) is 6.20. The molecule has 8 heteroatoms. The maximum Gasteiger partial charge on any atom is 0.264 e. The van der Waals surface area contributed by atoms with Crippen molar-refractivity contribution >= 4 is 27.5 Å². The summed E-state index contributed by atoms with van der Waals surface area (Å²) >= 11 is 0. The predicted molar refractivity (Wildman–Crippen MR) is 147 cm³/mol. The van der Waals surface area contributed by atoms with E-state index in [9.17, 15) is 18.0 Å². The first-order valence-corrected chi connectivity index (χ1v) is 13.8. The number of carbonyl (C=O) groups excluding carboxylic acids is 2. The molecule has 3 rings (SSSR count). The van der Waals surface area contributed by atoms with E-state index in [-0.39, 0.29) is 17.3 Å². The van der Waals surface area contributed by atoms with E-state index in [0.29, 0.717) is 12.2 Å². The van der Waals surface area contributed by atoms with Crippen molar-refractivity contribution in [1.29, 1.82) is 0 Å². The van der Waals surface area contributed by atoms with Crippen LogP contribution < -0.4 is 9.62 Å². The largest absolute Gasteiger partial charge is 0.355 e. The Hall–Kier alpha value is -3.65. The van der Waals surface area contributed by atoms with E-state index in [1.165, 1.54) is 17.0 Å². The van der Waals surface area contributed by atoms with E-state index in [2.05, 4.69) is 5.32 Å². The van der Waals surface area contributed by atoms with Gasteiger partial charge in [0, 0.05) is 13.1 Å². The van der Waals surface area contributed by atoms with Crippen molar-refractivity contribution in [3.05, 3.63) is 95.1 Å². The molecule has 0 aromatic heterocycles. The van der Waals surface area contributed by atoms with Crippen LogP contribution >= 0.6 is 0 Å². The first-order chi connectivity index (χ1) is 17.5. The zero-order valence-electron chi connectivity index (χ0n) is 22.1. The van der Waals surface area contributed by atoms with E-state index in [4.69, 9.17) is 0 Å². The Labute approximate surface area is 220 Å². The van der Waals surface area contributed by atoms with Crippen LogP contribution in [0.5, 0.6) is 0 Å². The van der Waals surface area contributed by atoms with Crippen LogP contribution in [0.15, 0.2) is 77.7 Å². The van der Waals surface area contributed by atoms with Crippen molar-refractivity contribution in [1.82, 2.24) is 10.2 Å². The molecule has 0 spiro atoms. The number of sulfonamides is 1. The number of nitrogens with zero attached hydrogens (tertiary/aromatic N) is 2. The summed E-state index contributed by atoms with van der Waals surface area (Å²) in [5.41, 5.74) is 4.19. The van der Waals surface area contributed by atoms with Crippen molar-refractivity contribution in [2.24, 2.45) is 0 Å². The quantitative estimate of drug-likeness (QED) is 0.430. The third kappa shape index (κ3) is 6.98. The van der Waals surface area contributed by atoms with E-state index >= 15 is 0 Å². The second-order valence-electron chi connectivity index (χ2n) is 9.24. The van der Waals surface area contributed by atoms with Gasteiger partial charge in [-0.05, 0) is 64.4 Å². The highest BCUT2D eigenvalue weighted by atomic mass is 32.2. The van der Waals surface area contributed by atoms with Crippen LogP contribution in [0, 0.1) is 20.8 Å². The van der Waals surface area contributed by atoms with Crippen molar-refractivity contribution in [3.63, 3.8) is 0 Å². The molecule has 0 aliphatic carbocycles. The minimum absolute atomic E-state index is 0.0911. The van der Waals surface area contributed by atoms with Gasteiger partial charge in [0.2, 0.25) is 11.8 Å². The van der Waals surface area contributed by atoms with Gasteiger partial charge in [0.1, 0.15) is 12.6 Å². The molecule has 3 aromatic rings. The number of nitrogens with one attached hydrogen (secondary N) is 1. The molecule has 0 aliphatic heterocycles. The summed E-state index contributed by atoms with van der Waals surface area (Å²) in [7, 11) is -4.06. The maximum absolute atomic E-state index is 13.8. The summed E-state index contributed by atoms with van der Waals surface area (Å²) in [5, 5.41) is 2.76. The normalized spacial score (nSPS) is 12.0. The Balaban J connectivity index is 2.01. The molecule has 196 valence electrons. The van der Waals surface area contributed by atoms with Crippen molar-refractivity contribution in [2.75, 3.05) is 17.4 Å². The van der Waals surface area contributed by atoms with E-state index in [1.54, 1.807) is 43.3 Å². The molecule has 0 saturated heterocycles. The fraction of sp³-hybridized carbons (Fsp3) is 0.310. The standard InChI is InChI=1S/C29H35N3O4S/c1-6-30-29(34)24(5)31(19-25-13-7-21(2)8-14-25)28(33)20-32(26-15-9-22(3)10-16-26)37(35,36)27-17-11-23(4)12-18-27/h7-18,24H,6,19-20H2,1-5H3,(H,30,34). The van der Waals surface area contributed by atoms with Crippen LogP contribution in [0.2, 0.25) is 0 Å². The van der Waals surface area contributed by atoms with Gasteiger partial charge in [-0.1, -0.05) is 65.2 Å². The molecule has 0 saturated carbocycles. The van der Waals surface area contributed by atoms with Gasteiger partial charge in [-0.15, -0.1) is 0 Å². The number of amides is 2. The fourth-order valence-electron chi connectivity index (χ4n) is 3.87. The number of hydrogen-bond donors (Lipinski definition) is 1. The van der Waals surface area contributed by atoms with Crippen LogP contribution in [0.25, 0.3) is 0 Å². The van der Waals surface area contributed by atoms with Gasteiger partial charge >= 0.3 is 0 Å². The van der Waals surface area contributed by atoms with Gasteiger partial charge in [-0.3, -0.25) is 13.9 Å². The Morgan fingerprint density at radius 1 is 0.811 bits per heavy atom. The highest BCUT2D eigenvalue weighted by molar-refractivity contribution is 7.92. The number of benzene rings is 3. The number of likely N-dealkylation sites (N-methyl/N-ethyl adjacent to an activating group) is 1. The van der Waals surface area contributed by atoms with E-state index < -0.39 is 28.5 Å². The molecule has 0 bridgehead atoms. The van der Waals surface area contributed by atoms with Gasteiger partial charge in [0.25, 0.3) is 10.0 Å². The topological polar surface area (TPSA) is 86.8 Å². The molecule has 7 nitrogen and oxygen atoms in total. The molecule has 0 fully saturated rings. The number of rotatable bonds is 10. The lowest BCUT2D eigenvalue weighted by Crippen LogP contribution is -2.51.